The molecule has 0 aliphatic carbocycles. The van der Waals surface area contributed by atoms with Crippen LogP contribution in [0.2, 0.25) is 0 Å². The number of benzene rings is 1. The first kappa shape index (κ1) is 18.0. The van der Waals surface area contributed by atoms with Crippen molar-refractivity contribution in [3.05, 3.63) is 27.8 Å². The topological polar surface area (TPSA) is 89.2 Å². The molecule has 2 bridgehead atoms. The number of rotatable bonds is 7. The standard InChI is InChI=1S/C19H26N4O4/c1-3-9-27-19-14(23(24)25)10-13(11-15(19)26-4-2)17-18-16(20-21-17)12-5-7-22(18)8-6-12/h10-12,17-18,21H,3-9H2,1-2H3. The highest BCUT2D eigenvalue weighted by Gasteiger charge is 2.47. The van der Waals surface area contributed by atoms with Gasteiger partial charge in [0.25, 0.3) is 0 Å². The SMILES string of the molecule is CCCOc1c(OCC)cc(C2NN=C3C4CCN(CC4)C32)cc1[N+](=O)[O-]. The second-order valence-corrected chi connectivity index (χ2v) is 7.30. The van der Waals surface area contributed by atoms with E-state index in [4.69, 9.17) is 9.47 Å². The van der Waals surface area contributed by atoms with Crippen LogP contribution in [0.15, 0.2) is 17.2 Å². The Bertz CT molecular complexity index is 758. The molecule has 4 heterocycles. The lowest BCUT2D eigenvalue weighted by molar-refractivity contribution is -0.386. The van der Waals surface area contributed by atoms with Gasteiger partial charge in [-0.2, -0.15) is 5.10 Å². The van der Waals surface area contributed by atoms with Gasteiger partial charge in [-0.25, -0.2) is 0 Å². The first-order valence-electron chi connectivity index (χ1n) is 9.79. The largest absolute Gasteiger partial charge is 0.490 e. The van der Waals surface area contributed by atoms with Gasteiger partial charge in [-0.1, -0.05) is 6.92 Å². The smallest absolute Gasteiger partial charge is 0.315 e. The van der Waals surface area contributed by atoms with Gasteiger partial charge >= 0.3 is 5.69 Å². The van der Waals surface area contributed by atoms with Crippen molar-refractivity contribution < 1.29 is 14.4 Å². The third-order valence-electron chi connectivity index (χ3n) is 5.66. The van der Waals surface area contributed by atoms with E-state index in [0.717, 1.165) is 37.9 Å². The number of piperidine rings is 3. The van der Waals surface area contributed by atoms with Crippen LogP contribution < -0.4 is 14.9 Å². The Balaban J connectivity index is 1.72. The summed E-state index contributed by atoms with van der Waals surface area (Å²) in [6, 6.07) is 3.57. The molecule has 5 rings (SSSR count). The summed E-state index contributed by atoms with van der Waals surface area (Å²) in [5, 5.41) is 16.3. The van der Waals surface area contributed by atoms with Gasteiger partial charge in [-0.15, -0.1) is 0 Å². The van der Waals surface area contributed by atoms with Gasteiger partial charge < -0.3 is 14.9 Å². The van der Waals surface area contributed by atoms with Crippen LogP contribution in [0.4, 0.5) is 5.69 Å². The van der Waals surface area contributed by atoms with E-state index < -0.39 is 0 Å². The number of nitrogens with one attached hydrogen (secondary N) is 1. The van der Waals surface area contributed by atoms with Crippen LogP contribution in [0.3, 0.4) is 0 Å². The predicted molar refractivity (Wildman–Crippen MR) is 101 cm³/mol. The number of nitro benzene ring substituents is 1. The van der Waals surface area contributed by atoms with Gasteiger partial charge in [0.2, 0.25) is 5.75 Å². The predicted octanol–water partition coefficient (Wildman–Crippen LogP) is 2.88. The summed E-state index contributed by atoms with van der Waals surface area (Å²) in [6.45, 7) is 6.78. The molecular formula is C19H26N4O4. The van der Waals surface area contributed by atoms with Gasteiger partial charge in [-0.05, 0) is 50.9 Å². The second-order valence-electron chi connectivity index (χ2n) is 7.30. The molecule has 0 spiro atoms. The normalized spacial score (nSPS) is 28.3. The van der Waals surface area contributed by atoms with Crippen molar-refractivity contribution in [3.63, 3.8) is 0 Å². The van der Waals surface area contributed by atoms with Crippen molar-refractivity contribution in [3.8, 4) is 11.5 Å². The number of hydrogen-bond acceptors (Lipinski definition) is 7. The Morgan fingerprint density at radius 2 is 2.07 bits per heavy atom. The summed E-state index contributed by atoms with van der Waals surface area (Å²) < 4.78 is 11.4. The molecule has 8 nitrogen and oxygen atoms in total. The van der Waals surface area contributed by atoms with E-state index >= 15 is 0 Å². The maximum absolute atomic E-state index is 11.7. The molecule has 1 aromatic carbocycles. The summed E-state index contributed by atoms with van der Waals surface area (Å²) in [6.07, 6.45) is 3.07. The van der Waals surface area contributed by atoms with Gasteiger partial charge in [0.15, 0.2) is 5.75 Å². The van der Waals surface area contributed by atoms with Gasteiger partial charge in [0.1, 0.15) is 0 Å². The highest BCUT2D eigenvalue weighted by atomic mass is 16.6. The van der Waals surface area contributed by atoms with Crippen molar-refractivity contribution in [1.29, 1.82) is 0 Å². The molecule has 2 unspecified atom stereocenters. The monoisotopic (exact) mass is 374 g/mol. The van der Waals surface area contributed by atoms with Crippen molar-refractivity contribution in [1.82, 2.24) is 10.3 Å². The van der Waals surface area contributed by atoms with Crippen molar-refractivity contribution in [2.75, 3.05) is 26.3 Å². The molecule has 2 atom stereocenters. The van der Waals surface area contributed by atoms with Crippen molar-refractivity contribution in [2.24, 2.45) is 11.0 Å². The first-order chi connectivity index (χ1) is 13.1. The van der Waals surface area contributed by atoms with Gasteiger partial charge in [0.05, 0.1) is 35.9 Å². The summed E-state index contributed by atoms with van der Waals surface area (Å²) in [7, 11) is 0. The van der Waals surface area contributed by atoms with Crippen LogP contribution in [0.25, 0.3) is 0 Å². The molecule has 1 N–H and O–H groups in total. The molecule has 0 aromatic heterocycles. The highest BCUT2D eigenvalue weighted by molar-refractivity contribution is 5.95. The van der Waals surface area contributed by atoms with E-state index in [2.05, 4.69) is 15.4 Å². The molecule has 4 aliphatic rings. The zero-order chi connectivity index (χ0) is 19.0. The fourth-order valence-corrected chi connectivity index (χ4v) is 4.45. The number of hydrogen-bond donors (Lipinski definition) is 1. The summed E-state index contributed by atoms with van der Waals surface area (Å²) >= 11 is 0. The van der Waals surface area contributed by atoms with E-state index in [9.17, 15) is 10.1 Å². The molecule has 8 heteroatoms. The lowest BCUT2D eigenvalue weighted by Crippen LogP contribution is -2.56. The minimum absolute atomic E-state index is 0.0457. The average Bonchev–Trinajstić information content (AvgIpc) is 3.15. The van der Waals surface area contributed by atoms with Gasteiger partial charge in [0, 0.05) is 12.0 Å². The number of nitrogens with zero attached hydrogens (tertiary/aromatic N) is 3. The lowest BCUT2D eigenvalue weighted by atomic mass is 9.78. The van der Waals surface area contributed by atoms with E-state index in [1.807, 2.05) is 19.9 Å². The molecule has 0 radical (unpaired) electrons. The quantitative estimate of drug-likeness (QED) is 0.583. The molecule has 0 saturated carbocycles. The number of hydrazone groups is 1. The Kier molecular flexibility index (Phi) is 4.90. The van der Waals surface area contributed by atoms with Crippen LogP contribution in [0.1, 0.15) is 44.7 Å². The molecule has 0 amide bonds. The Morgan fingerprint density at radius 3 is 2.74 bits per heavy atom. The Hall–Kier alpha value is -2.35. The molecule has 3 saturated heterocycles. The maximum Gasteiger partial charge on any atom is 0.315 e. The maximum atomic E-state index is 11.7. The molecule has 1 aromatic rings. The van der Waals surface area contributed by atoms with Crippen LogP contribution in [-0.4, -0.2) is 47.9 Å². The summed E-state index contributed by atoms with van der Waals surface area (Å²) in [5.74, 6) is 1.18. The summed E-state index contributed by atoms with van der Waals surface area (Å²) in [5.41, 5.74) is 5.22. The van der Waals surface area contributed by atoms with Crippen LogP contribution in [-0.2, 0) is 0 Å². The lowest BCUT2D eigenvalue weighted by Gasteiger charge is -2.45. The Labute approximate surface area is 158 Å². The van der Waals surface area contributed by atoms with Crippen LogP contribution in [0.5, 0.6) is 11.5 Å². The summed E-state index contributed by atoms with van der Waals surface area (Å²) in [4.78, 5) is 13.8. The Morgan fingerprint density at radius 1 is 1.30 bits per heavy atom. The molecular weight excluding hydrogens is 348 g/mol. The van der Waals surface area contributed by atoms with Crippen LogP contribution in [0, 0.1) is 16.0 Å². The van der Waals surface area contributed by atoms with E-state index in [1.165, 1.54) is 5.71 Å². The zero-order valence-corrected chi connectivity index (χ0v) is 15.8. The fourth-order valence-electron chi connectivity index (χ4n) is 4.45. The molecule has 4 aliphatic heterocycles. The number of fused-ring (bicyclic) bond motifs is 2. The molecule has 3 fully saturated rings. The average molecular weight is 374 g/mol. The first-order valence-corrected chi connectivity index (χ1v) is 9.79. The van der Waals surface area contributed by atoms with Crippen molar-refractivity contribution in [2.45, 2.75) is 45.2 Å². The van der Waals surface area contributed by atoms with E-state index in [1.54, 1.807) is 6.07 Å². The number of nitro groups is 1. The zero-order valence-electron chi connectivity index (χ0n) is 15.8. The van der Waals surface area contributed by atoms with Crippen LogP contribution >= 0.6 is 0 Å². The number of ether oxygens (including phenoxy) is 2. The van der Waals surface area contributed by atoms with Crippen molar-refractivity contribution >= 4 is 11.4 Å². The second kappa shape index (κ2) is 7.34. The third kappa shape index (κ3) is 3.12. The molecule has 27 heavy (non-hydrogen) atoms. The van der Waals surface area contributed by atoms with Gasteiger partial charge in [-0.3, -0.25) is 15.0 Å². The van der Waals surface area contributed by atoms with E-state index in [0.29, 0.717) is 24.9 Å². The third-order valence-corrected chi connectivity index (χ3v) is 5.66. The minimum atomic E-state index is -0.388. The highest BCUT2D eigenvalue weighted by Crippen LogP contribution is 2.44. The minimum Gasteiger partial charge on any atom is -0.490 e. The fraction of sp³-hybridized carbons (Fsp3) is 0.632. The van der Waals surface area contributed by atoms with E-state index in [-0.39, 0.29) is 28.4 Å². The molecule has 146 valence electrons.